The number of rotatable bonds is 2. The van der Waals surface area contributed by atoms with Gasteiger partial charge >= 0.3 is 6.18 Å². The van der Waals surface area contributed by atoms with Crippen LogP contribution in [0.25, 0.3) is 0 Å². The molecule has 134 valence electrons. The second kappa shape index (κ2) is 6.36. The molecule has 2 atom stereocenters. The molecule has 3 heterocycles. The number of nitrogens with zero attached hydrogens (tertiary/aromatic N) is 4. The van der Waals surface area contributed by atoms with Gasteiger partial charge in [-0.1, -0.05) is 0 Å². The van der Waals surface area contributed by atoms with E-state index in [0.717, 1.165) is 17.6 Å². The quantitative estimate of drug-likeness (QED) is 0.810. The van der Waals surface area contributed by atoms with E-state index in [2.05, 4.69) is 10.00 Å². The lowest BCUT2D eigenvalue weighted by Crippen LogP contribution is -2.59. The molecule has 9 heteroatoms. The summed E-state index contributed by atoms with van der Waals surface area (Å²) in [5.41, 5.74) is 0.553. The molecule has 2 saturated heterocycles. The van der Waals surface area contributed by atoms with Crippen LogP contribution >= 0.6 is 0 Å². The molecule has 3 rings (SSSR count). The van der Waals surface area contributed by atoms with Gasteiger partial charge in [-0.25, -0.2) is 0 Å². The number of aryl methyl sites for hydroxylation is 1. The number of hydrogen-bond acceptors (Lipinski definition) is 4. The maximum absolute atomic E-state index is 12.7. The van der Waals surface area contributed by atoms with Crippen LogP contribution in [0.5, 0.6) is 0 Å². The summed E-state index contributed by atoms with van der Waals surface area (Å²) in [6, 6.07) is 0.127. The molecule has 0 aliphatic carbocycles. The van der Waals surface area contributed by atoms with Crippen molar-refractivity contribution in [2.24, 2.45) is 0 Å². The Labute approximate surface area is 138 Å². The number of halogens is 3. The van der Waals surface area contributed by atoms with E-state index in [4.69, 9.17) is 4.74 Å². The third-order valence-electron chi connectivity index (χ3n) is 4.67. The maximum Gasteiger partial charge on any atom is 0.408 e. The highest BCUT2D eigenvalue weighted by Crippen LogP contribution is 2.24. The van der Waals surface area contributed by atoms with Crippen LogP contribution in [-0.2, 0) is 11.3 Å². The zero-order chi connectivity index (χ0) is 17.5. The second-order valence-electron chi connectivity index (χ2n) is 6.44. The highest BCUT2D eigenvalue weighted by atomic mass is 19.4. The molecule has 0 saturated carbocycles. The van der Waals surface area contributed by atoms with Crippen molar-refractivity contribution in [1.29, 1.82) is 0 Å². The first kappa shape index (κ1) is 17.2. The Morgan fingerprint density at radius 2 is 2.17 bits per heavy atom. The molecule has 0 unspecified atom stereocenters. The largest absolute Gasteiger partial charge is 0.408 e. The van der Waals surface area contributed by atoms with E-state index >= 15 is 0 Å². The Kier molecular flexibility index (Phi) is 4.56. The van der Waals surface area contributed by atoms with Gasteiger partial charge in [0.25, 0.3) is 5.91 Å². The van der Waals surface area contributed by atoms with E-state index in [-0.39, 0.29) is 23.6 Å². The van der Waals surface area contributed by atoms with Gasteiger partial charge in [-0.15, -0.1) is 0 Å². The van der Waals surface area contributed by atoms with Crippen molar-refractivity contribution in [3.8, 4) is 0 Å². The molecule has 1 aromatic rings. The standard InChI is InChI=1S/C15H21F3N4O2/c1-10-11(7-22(19-10)9-15(16,17)18)14(23)21-4-3-13-12(8-21)20(2)5-6-24-13/h7,12-13H,3-6,8-9H2,1-2H3/t12-,13+/m0/s1. The molecular formula is C15H21F3N4O2. The summed E-state index contributed by atoms with van der Waals surface area (Å²) < 4.78 is 44.0. The summed E-state index contributed by atoms with van der Waals surface area (Å²) in [6.07, 6.45) is -2.32. The number of morpholine rings is 1. The molecule has 0 spiro atoms. The first-order chi connectivity index (χ1) is 11.2. The minimum atomic E-state index is -4.36. The molecule has 0 N–H and O–H groups in total. The summed E-state index contributed by atoms with van der Waals surface area (Å²) >= 11 is 0. The van der Waals surface area contributed by atoms with Gasteiger partial charge in [0, 0.05) is 25.8 Å². The molecule has 2 aliphatic rings. The van der Waals surface area contributed by atoms with Crippen molar-refractivity contribution in [2.75, 3.05) is 33.3 Å². The Hall–Kier alpha value is -1.61. The van der Waals surface area contributed by atoms with E-state index in [1.54, 1.807) is 11.8 Å². The van der Waals surface area contributed by atoms with Crippen LogP contribution in [0, 0.1) is 6.92 Å². The van der Waals surface area contributed by atoms with Crippen LogP contribution in [0.1, 0.15) is 22.5 Å². The number of aromatic nitrogens is 2. The summed E-state index contributed by atoms with van der Waals surface area (Å²) in [7, 11) is 2.00. The Bertz CT molecular complexity index is 616. The molecule has 1 aromatic heterocycles. The van der Waals surface area contributed by atoms with Gasteiger partial charge in [0.05, 0.1) is 30.0 Å². The Balaban J connectivity index is 1.72. The summed E-state index contributed by atoms with van der Waals surface area (Å²) in [5, 5.41) is 3.82. The molecule has 0 aromatic carbocycles. The number of carbonyl (C=O) groups is 1. The van der Waals surface area contributed by atoms with Crippen LogP contribution in [0.3, 0.4) is 0 Å². The predicted octanol–water partition coefficient (Wildman–Crippen LogP) is 1.30. The normalized spacial score (nSPS) is 25.6. The smallest absolute Gasteiger partial charge is 0.375 e. The monoisotopic (exact) mass is 346 g/mol. The lowest BCUT2D eigenvalue weighted by molar-refractivity contribution is -0.142. The first-order valence-electron chi connectivity index (χ1n) is 7.96. The summed E-state index contributed by atoms with van der Waals surface area (Å²) in [4.78, 5) is 16.6. The number of amides is 1. The van der Waals surface area contributed by atoms with E-state index < -0.39 is 12.7 Å². The molecule has 2 fully saturated rings. The predicted molar refractivity (Wildman–Crippen MR) is 79.7 cm³/mol. The number of ether oxygens (including phenoxy) is 1. The maximum atomic E-state index is 12.7. The zero-order valence-corrected chi connectivity index (χ0v) is 13.7. The highest BCUT2D eigenvalue weighted by molar-refractivity contribution is 5.95. The van der Waals surface area contributed by atoms with Crippen molar-refractivity contribution in [1.82, 2.24) is 19.6 Å². The molecular weight excluding hydrogens is 325 g/mol. The van der Waals surface area contributed by atoms with Crippen molar-refractivity contribution in [2.45, 2.75) is 38.2 Å². The fourth-order valence-corrected chi connectivity index (χ4v) is 3.39. The number of alkyl halides is 3. The number of fused-ring (bicyclic) bond motifs is 1. The minimum Gasteiger partial charge on any atom is -0.375 e. The van der Waals surface area contributed by atoms with Gasteiger partial charge in [0.1, 0.15) is 6.54 Å². The van der Waals surface area contributed by atoms with Gasteiger partial charge in [0.2, 0.25) is 0 Å². The van der Waals surface area contributed by atoms with E-state index in [9.17, 15) is 18.0 Å². The lowest BCUT2D eigenvalue weighted by atomic mass is 9.98. The van der Waals surface area contributed by atoms with Crippen molar-refractivity contribution in [3.63, 3.8) is 0 Å². The Morgan fingerprint density at radius 1 is 1.42 bits per heavy atom. The van der Waals surface area contributed by atoms with Gasteiger partial charge in [0.15, 0.2) is 0 Å². The second-order valence-corrected chi connectivity index (χ2v) is 6.44. The average Bonchev–Trinajstić information content (AvgIpc) is 2.85. The fraction of sp³-hybridized carbons (Fsp3) is 0.733. The van der Waals surface area contributed by atoms with Crippen molar-refractivity contribution < 1.29 is 22.7 Å². The molecule has 0 radical (unpaired) electrons. The van der Waals surface area contributed by atoms with Crippen LogP contribution in [0.4, 0.5) is 13.2 Å². The summed E-state index contributed by atoms with van der Waals surface area (Å²) in [5.74, 6) is -0.265. The Morgan fingerprint density at radius 3 is 2.88 bits per heavy atom. The number of hydrogen-bond donors (Lipinski definition) is 0. The molecule has 0 bridgehead atoms. The molecule has 6 nitrogen and oxygen atoms in total. The first-order valence-corrected chi connectivity index (χ1v) is 7.96. The number of likely N-dealkylation sites (N-methyl/N-ethyl adjacent to an activating group) is 1. The third-order valence-corrected chi connectivity index (χ3v) is 4.67. The van der Waals surface area contributed by atoms with Crippen molar-refractivity contribution in [3.05, 3.63) is 17.5 Å². The van der Waals surface area contributed by atoms with Gasteiger partial charge < -0.3 is 9.64 Å². The highest BCUT2D eigenvalue weighted by Gasteiger charge is 2.38. The molecule has 24 heavy (non-hydrogen) atoms. The number of carbonyl (C=O) groups excluding carboxylic acids is 1. The number of piperidine rings is 1. The van der Waals surface area contributed by atoms with Gasteiger partial charge in [-0.3, -0.25) is 14.4 Å². The minimum absolute atomic E-state index is 0.113. The topological polar surface area (TPSA) is 50.6 Å². The lowest BCUT2D eigenvalue weighted by Gasteiger charge is -2.45. The van der Waals surface area contributed by atoms with E-state index in [1.165, 1.54) is 6.20 Å². The number of likely N-dealkylation sites (tertiary alicyclic amines) is 1. The molecule has 1 amide bonds. The van der Waals surface area contributed by atoms with Crippen LogP contribution < -0.4 is 0 Å². The van der Waals surface area contributed by atoms with E-state index in [0.29, 0.717) is 25.4 Å². The fourth-order valence-electron chi connectivity index (χ4n) is 3.39. The van der Waals surface area contributed by atoms with Gasteiger partial charge in [-0.05, 0) is 20.4 Å². The summed E-state index contributed by atoms with van der Waals surface area (Å²) in [6.45, 7) is 2.92. The van der Waals surface area contributed by atoms with Crippen LogP contribution in [-0.4, -0.2) is 77.1 Å². The van der Waals surface area contributed by atoms with E-state index in [1.807, 2.05) is 7.05 Å². The third kappa shape index (κ3) is 3.56. The van der Waals surface area contributed by atoms with Gasteiger partial charge in [-0.2, -0.15) is 18.3 Å². The van der Waals surface area contributed by atoms with Crippen molar-refractivity contribution >= 4 is 5.91 Å². The zero-order valence-electron chi connectivity index (χ0n) is 13.7. The molecule has 2 aliphatic heterocycles. The van der Waals surface area contributed by atoms with Crippen LogP contribution in [0.15, 0.2) is 6.20 Å². The average molecular weight is 346 g/mol. The SMILES string of the molecule is Cc1nn(CC(F)(F)F)cc1C(=O)N1CC[C@H]2OCCN(C)[C@H]2C1. The van der Waals surface area contributed by atoms with Crippen LogP contribution in [0.2, 0.25) is 0 Å².